The molecule has 0 saturated carbocycles. The fraction of sp³-hybridized carbons (Fsp3) is 0.267. The van der Waals surface area contributed by atoms with Crippen molar-refractivity contribution >= 4 is 15.7 Å². The number of anilines is 1. The second kappa shape index (κ2) is 5.44. The van der Waals surface area contributed by atoms with Crippen molar-refractivity contribution in [1.29, 1.82) is 0 Å². The Labute approximate surface area is 124 Å². The smallest absolute Gasteiger partial charge is 0.262 e. The summed E-state index contributed by atoms with van der Waals surface area (Å²) in [4.78, 5) is 3.92. The van der Waals surface area contributed by atoms with Gasteiger partial charge in [0.1, 0.15) is 5.82 Å². The molecule has 0 radical (unpaired) electrons. The van der Waals surface area contributed by atoms with E-state index in [4.69, 9.17) is 0 Å². The van der Waals surface area contributed by atoms with Gasteiger partial charge in [-0.1, -0.05) is 26.8 Å². The number of sulfonamides is 1. The van der Waals surface area contributed by atoms with Crippen molar-refractivity contribution in [3.8, 4) is 0 Å². The van der Waals surface area contributed by atoms with Crippen LogP contribution in [0.2, 0.25) is 0 Å². The predicted octanol–water partition coefficient (Wildman–Crippen LogP) is 3.32. The third kappa shape index (κ3) is 3.78. The molecule has 112 valence electrons. The maximum atomic E-state index is 13.2. The lowest BCUT2D eigenvalue weighted by molar-refractivity contribution is 0.587. The quantitative estimate of drug-likeness (QED) is 0.946. The van der Waals surface area contributed by atoms with Gasteiger partial charge in [-0.15, -0.1) is 0 Å². The predicted molar refractivity (Wildman–Crippen MR) is 80.1 cm³/mol. The van der Waals surface area contributed by atoms with Gasteiger partial charge >= 0.3 is 0 Å². The molecule has 2 rings (SSSR count). The minimum atomic E-state index is -3.83. The number of pyridine rings is 1. The molecule has 21 heavy (non-hydrogen) atoms. The molecule has 0 atom stereocenters. The SMILES string of the molecule is CC(C)(C)c1cncc(NS(=O)(=O)c2cccc(F)c2)c1. The molecule has 0 aliphatic heterocycles. The number of benzene rings is 1. The van der Waals surface area contributed by atoms with Crippen molar-refractivity contribution in [2.24, 2.45) is 0 Å². The van der Waals surface area contributed by atoms with Gasteiger partial charge in [0.05, 0.1) is 16.8 Å². The summed E-state index contributed by atoms with van der Waals surface area (Å²) in [6.45, 7) is 6.03. The summed E-state index contributed by atoms with van der Waals surface area (Å²) >= 11 is 0. The van der Waals surface area contributed by atoms with E-state index in [1.165, 1.54) is 24.4 Å². The Morgan fingerprint density at radius 3 is 2.48 bits per heavy atom. The number of nitrogens with zero attached hydrogens (tertiary/aromatic N) is 1. The zero-order valence-corrected chi connectivity index (χ0v) is 12.9. The van der Waals surface area contributed by atoms with E-state index in [-0.39, 0.29) is 10.3 Å². The highest BCUT2D eigenvalue weighted by Crippen LogP contribution is 2.24. The van der Waals surface area contributed by atoms with Crippen LogP contribution in [-0.2, 0) is 15.4 Å². The van der Waals surface area contributed by atoms with Crippen LogP contribution in [0.25, 0.3) is 0 Å². The van der Waals surface area contributed by atoms with Crippen LogP contribution in [0.5, 0.6) is 0 Å². The van der Waals surface area contributed by atoms with Crippen molar-refractivity contribution in [3.63, 3.8) is 0 Å². The second-order valence-corrected chi connectivity index (χ2v) is 7.46. The molecule has 0 aliphatic carbocycles. The van der Waals surface area contributed by atoms with E-state index < -0.39 is 15.8 Å². The van der Waals surface area contributed by atoms with Gasteiger partial charge in [-0.2, -0.15) is 0 Å². The molecule has 6 heteroatoms. The molecule has 1 aromatic carbocycles. The number of aromatic nitrogens is 1. The number of hydrogen-bond donors (Lipinski definition) is 1. The monoisotopic (exact) mass is 308 g/mol. The largest absolute Gasteiger partial charge is 0.278 e. The number of rotatable bonds is 3. The summed E-state index contributed by atoms with van der Waals surface area (Å²) in [5.74, 6) is -0.598. The number of nitrogens with one attached hydrogen (secondary N) is 1. The standard InChI is InChI=1S/C15H17FN2O2S/c1-15(2,3)11-7-13(10-17-9-11)18-21(19,20)14-6-4-5-12(16)8-14/h4-10,18H,1-3H3. The van der Waals surface area contributed by atoms with E-state index in [1.54, 1.807) is 12.3 Å². The summed E-state index contributed by atoms with van der Waals surface area (Å²) in [5.41, 5.74) is 1.11. The molecule has 1 heterocycles. The molecule has 2 aromatic rings. The molecule has 0 saturated heterocycles. The first kappa shape index (κ1) is 15.4. The average molecular weight is 308 g/mol. The fourth-order valence-corrected chi connectivity index (χ4v) is 2.82. The first-order valence-corrected chi connectivity index (χ1v) is 7.91. The fourth-order valence-electron chi connectivity index (χ4n) is 1.75. The summed E-state index contributed by atoms with van der Waals surface area (Å²) in [6, 6.07) is 6.59. The molecule has 0 unspecified atom stereocenters. The lowest BCUT2D eigenvalue weighted by atomic mass is 9.88. The summed E-state index contributed by atoms with van der Waals surface area (Å²) in [7, 11) is -3.83. The van der Waals surface area contributed by atoms with E-state index in [0.717, 1.165) is 11.6 Å². The molecule has 0 spiro atoms. The zero-order valence-electron chi connectivity index (χ0n) is 12.1. The molecule has 4 nitrogen and oxygen atoms in total. The molecule has 0 aliphatic rings. The van der Waals surface area contributed by atoms with Gasteiger partial charge in [0.25, 0.3) is 10.0 Å². The van der Waals surface area contributed by atoms with Gasteiger partial charge in [-0.05, 0) is 35.2 Å². The maximum Gasteiger partial charge on any atom is 0.262 e. The minimum Gasteiger partial charge on any atom is -0.278 e. The molecule has 0 amide bonds. The van der Waals surface area contributed by atoms with E-state index in [9.17, 15) is 12.8 Å². The highest BCUT2D eigenvalue weighted by atomic mass is 32.2. The van der Waals surface area contributed by atoms with Crippen LogP contribution in [0.4, 0.5) is 10.1 Å². The van der Waals surface area contributed by atoms with E-state index in [0.29, 0.717) is 5.69 Å². The number of halogens is 1. The van der Waals surface area contributed by atoms with Crippen LogP contribution >= 0.6 is 0 Å². The maximum absolute atomic E-state index is 13.2. The molecule has 0 bridgehead atoms. The summed E-state index contributed by atoms with van der Waals surface area (Å²) in [5, 5.41) is 0. The molecular weight excluding hydrogens is 291 g/mol. The van der Waals surface area contributed by atoms with E-state index in [2.05, 4.69) is 9.71 Å². The highest BCUT2D eigenvalue weighted by molar-refractivity contribution is 7.92. The summed E-state index contributed by atoms with van der Waals surface area (Å²) < 4.78 is 40.0. The van der Waals surface area contributed by atoms with Gasteiger partial charge < -0.3 is 0 Å². The molecule has 0 fully saturated rings. The van der Waals surface area contributed by atoms with E-state index >= 15 is 0 Å². The third-order valence-corrected chi connectivity index (χ3v) is 4.34. The van der Waals surface area contributed by atoms with Crippen molar-refractivity contribution in [2.45, 2.75) is 31.1 Å². The van der Waals surface area contributed by atoms with Crippen molar-refractivity contribution in [2.75, 3.05) is 4.72 Å². The van der Waals surface area contributed by atoms with Crippen LogP contribution in [0.3, 0.4) is 0 Å². The van der Waals surface area contributed by atoms with Crippen LogP contribution < -0.4 is 4.72 Å². The zero-order chi connectivity index (χ0) is 15.7. The molecule has 1 N–H and O–H groups in total. The Bertz CT molecular complexity index is 752. The molecule has 1 aromatic heterocycles. The van der Waals surface area contributed by atoms with Crippen LogP contribution in [0, 0.1) is 5.82 Å². The Morgan fingerprint density at radius 2 is 1.86 bits per heavy atom. The third-order valence-electron chi connectivity index (χ3n) is 2.96. The molecular formula is C15H17FN2O2S. The van der Waals surface area contributed by atoms with Crippen LogP contribution in [0.1, 0.15) is 26.3 Å². The Balaban J connectivity index is 2.33. The average Bonchev–Trinajstić information content (AvgIpc) is 2.37. The van der Waals surface area contributed by atoms with Gasteiger partial charge in [0, 0.05) is 6.20 Å². The van der Waals surface area contributed by atoms with Crippen molar-refractivity contribution in [1.82, 2.24) is 4.98 Å². The Hall–Kier alpha value is -1.95. The lowest BCUT2D eigenvalue weighted by Gasteiger charge is -2.19. The van der Waals surface area contributed by atoms with Crippen LogP contribution in [-0.4, -0.2) is 13.4 Å². The normalized spacial score (nSPS) is 12.2. The van der Waals surface area contributed by atoms with Gasteiger partial charge in [0.15, 0.2) is 0 Å². The first-order chi connectivity index (χ1) is 9.68. The van der Waals surface area contributed by atoms with E-state index in [1.807, 2.05) is 20.8 Å². The van der Waals surface area contributed by atoms with Crippen molar-refractivity contribution in [3.05, 3.63) is 54.1 Å². The van der Waals surface area contributed by atoms with Gasteiger partial charge in [-0.3, -0.25) is 9.71 Å². The highest BCUT2D eigenvalue weighted by Gasteiger charge is 2.18. The van der Waals surface area contributed by atoms with Gasteiger partial charge in [-0.25, -0.2) is 12.8 Å². The minimum absolute atomic E-state index is 0.122. The topological polar surface area (TPSA) is 59.1 Å². The summed E-state index contributed by atoms with van der Waals surface area (Å²) in [6.07, 6.45) is 3.12. The second-order valence-electron chi connectivity index (χ2n) is 5.78. The Morgan fingerprint density at radius 1 is 1.14 bits per heavy atom. The lowest BCUT2D eigenvalue weighted by Crippen LogP contribution is -2.16. The first-order valence-electron chi connectivity index (χ1n) is 6.42. The van der Waals surface area contributed by atoms with Gasteiger partial charge in [0.2, 0.25) is 0 Å². The van der Waals surface area contributed by atoms with Crippen molar-refractivity contribution < 1.29 is 12.8 Å². The van der Waals surface area contributed by atoms with Crippen LogP contribution in [0.15, 0.2) is 47.6 Å². The number of hydrogen-bond acceptors (Lipinski definition) is 3. The Kier molecular flexibility index (Phi) is 4.00.